The number of ether oxygens (including phenoxy) is 1. The molecule has 0 aliphatic heterocycles. The molecule has 1 amide bonds. The first-order chi connectivity index (χ1) is 12.3. The molecule has 0 radical (unpaired) electrons. The van der Waals surface area contributed by atoms with Crippen molar-refractivity contribution in [2.24, 2.45) is 0 Å². The second-order valence-corrected chi connectivity index (χ2v) is 7.86. The molecule has 1 N–H and O–H groups in total. The van der Waals surface area contributed by atoms with Crippen LogP contribution in [0.3, 0.4) is 0 Å². The van der Waals surface area contributed by atoms with Crippen molar-refractivity contribution in [1.29, 1.82) is 0 Å². The third-order valence-electron chi connectivity index (χ3n) is 3.54. The molecular formula is C19H21NO5S. The van der Waals surface area contributed by atoms with Crippen LogP contribution in [0.2, 0.25) is 0 Å². The average Bonchev–Trinajstić information content (AvgIpc) is 2.56. The molecule has 0 aromatic heterocycles. The Morgan fingerprint density at radius 2 is 1.65 bits per heavy atom. The lowest BCUT2D eigenvalue weighted by molar-refractivity contribution is -0.113. The lowest BCUT2D eigenvalue weighted by Gasteiger charge is -2.11. The summed E-state index contributed by atoms with van der Waals surface area (Å²) in [5.41, 5.74) is 1.66. The first-order valence-electron chi connectivity index (χ1n) is 8.12. The van der Waals surface area contributed by atoms with E-state index in [-0.39, 0.29) is 0 Å². The van der Waals surface area contributed by atoms with E-state index in [1.807, 2.05) is 6.92 Å². The van der Waals surface area contributed by atoms with Gasteiger partial charge in [-0.3, -0.25) is 9.59 Å². The smallest absolute Gasteiger partial charge is 0.239 e. The third kappa shape index (κ3) is 5.70. The molecule has 26 heavy (non-hydrogen) atoms. The number of carbonyl (C=O) groups is 2. The van der Waals surface area contributed by atoms with E-state index < -0.39 is 33.0 Å². The van der Waals surface area contributed by atoms with E-state index in [9.17, 15) is 18.0 Å². The second-order valence-electron chi connectivity index (χ2n) is 5.80. The number of rotatable bonds is 8. The van der Waals surface area contributed by atoms with Gasteiger partial charge in [0.2, 0.25) is 5.91 Å². The summed E-state index contributed by atoms with van der Waals surface area (Å²) >= 11 is 0. The zero-order valence-corrected chi connectivity index (χ0v) is 15.5. The van der Waals surface area contributed by atoms with Crippen LogP contribution in [0.1, 0.15) is 22.8 Å². The molecule has 0 bridgehead atoms. The molecule has 0 atom stereocenters. The van der Waals surface area contributed by atoms with E-state index in [0.29, 0.717) is 23.6 Å². The highest BCUT2D eigenvalue weighted by Crippen LogP contribution is 2.23. The summed E-state index contributed by atoms with van der Waals surface area (Å²) in [6.07, 6.45) is 0. The number of ketones is 1. The number of benzene rings is 2. The standard InChI is InChI=1S/C19H21NO5S/c1-3-25-18-7-5-4-6-16(18)20-19(22)13-26(23,24)12-17(21)15-10-8-14(2)9-11-15/h4-11H,3,12-13H2,1-2H3,(H,20,22). The van der Waals surface area contributed by atoms with Gasteiger partial charge < -0.3 is 10.1 Å². The zero-order valence-electron chi connectivity index (χ0n) is 14.7. The molecule has 0 spiro atoms. The van der Waals surface area contributed by atoms with Crippen molar-refractivity contribution in [3.8, 4) is 5.75 Å². The van der Waals surface area contributed by atoms with Crippen molar-refractivity contribution in [3.63, 3.8) is 0 Å². The number of para-hydroxylation sites is 2. The summed E-state index contributed by atoms with van der Waals surface area (Å²) in [7, 11) is -3.89. The number of carbonyl (C=O) groups excluding carboxylic acids is 2. The number of anilines is 1. The Labute approximate surface area is 153 Å². The predicted molar refractivity (Wildman–Crippen MR) is 100 cm³/mol. The number of sulfone groups is 1. The molecule has 0 saturated carbocycles. The Hall–Kier alpha value is -2.67. The topological polar surface area (TPSA) is 89.5 Å². The highest BCUT2D eigenvalue weighted by Gasteiger charge is 2.22. The second kappa shape index (κ2) is 8.62. The van der Waals surface area contributed by atoms with Crippen molar-refractivity contribution < 1.29 is 22.7 Å². The number of Topliss-reactive ketones (excluding diaryl/α,β-unsaturated/α-hetero) is 1. The van der Waals surface area contributed by atoms with Gasteiger partial charge in [-0.1, -0.05) is 42.0 Å². The summed E-state index contributed by atoms with van der Waals surface area (Å²) in [5.74, 6) is -2.28. The first kappa shape index (κ1) is 19.7. The molecule has 0 fully saturated rings. The van der Waals surface area contributed by atoms with Gasteiger partial charge in [0.15, 0.2) is 15.6 Å². The molecule has 0 aliphatic carbocycles. The summed E-state index contributed by atoms with van der Waals surface area (Å²) in [6, 6.07) is 13.4. The van der Waals surface area contributed by atoms with Gasteiger partial charge >= 0.3 is 0 Å². The average molecular weight is 375 g/mol. The van der Waals surface area contributed by atoms with E-state index in [2.05, 4.69) is 5.32 Å². The highest BCUT2D eigenvalue weighted by molar-refractivity contribution is 7.92. The fraction of sp³-hybridized carbons (Fsp3) is 0.263. The minimum Gasteiger partial charge on any atom is -0.492 e. The minimum absolute atomic E-state index is 0.307. The van der Waals surface area contributed by atoms with Crippen LogP contribution in [0, 0.1) is 6.92 Å². The first-order valence-corrected chi connectivity index (χ1v) is 9.95. The Balaban J connectivity index is 2.01. The molecule has 0 aliphatic rings. The quantitative estimate of drug-likeness (QED) is 0.717. The van der Waals surface area contributed by atoms with Gasteiger partial charge in [-0.25, -0.2) is 8.42 Å². The van der Waals surface area contributed by atoms with E-state index in [1.165, 1.54) is 0 Å². The SMILES string of the molecule is CCOc1ccccc1NC(=O)CS(=O)(=O)CC(=O)c1ccc(C)cc1. The van der Waals surface area contributed by atoms with Gasteiger partial charge in [-0.2, -0.15) is 0 Å². The fourth-order valence-corrected chi connectivity index (χ4v) is 3.45. The Bertz CT molecular complexity index is 888. The van der Waals surface area contributed by atoms with Crippen LogP contribution in [0.5, 0.6) is 5.75 Å². The Kier molecular flexibility index (Phi) is 6.52. The molecule has 2 rings (SSSR count). The molecule has 6 nitrogen and oxygen atoms in total. The van der Waals surface area contributed by atoms with Gasteiger partial charge in [0, 0.05) is 5.56 Å². The predicted octanol–water partition coefficient (Wildman–Crippen LogP) is 2.63. The monoisotopic (exact) mass is 375 g/mol. The van der Waals surface area contributed by atoms with Crippen LogP contribution in [0.4, 0.5) is 5.69 Å². The lowest BCUT2D eigenvalue weighted by atomic mass is 10.1. The third-order valence-corrected chi connectivity index (χ3v) is 4.94. The van der Waals surface area contributed by atoms with Crippen LogP contribution >= 0.6 is 0 Å². The number of hydrogen-bond acceptors (Lipinski definition) is 5. The Morgan fingerprint density at radius 1 is 1.00 bits per heavy atom. The fourth-order valence-electron chi connectivity index (χ4n) is 2.31. The van der Waals surface area contributed by atoms with Crippen LogP contribution in [-0.4, -0.2) is 38.2 Å². The Morgan fingerprint density at radius 3 is 2.31 bits per heavy atom. The number of amides is 1. The summed E-state index contributed by atoms with van der Waals surface area (Å²) in [6.45, 7) is 4.09. The van der Waals surface area contributed by atoms with Gasteiger partial charge in [0.05, 0.1) is 12.3 Å². The van der Waals surface area contributed by atoms with E-state index in [4.69, 9.17) is 4.74 Å². The van der Waals surface area contributed by atoms with Crippen molar-refractivity contribution in [1.82, 2.24) is 0 Å². The maximum absolute atomic E-state index is 12.2. The summed E-state index contributed by atoms with van der Waals surface area (Å²) in [4.78, 5) is 24.2. The molecule has 0 heterocycles. The molecule has 2 aromatic carbocycles. The van der Waals surface area contributed by atoms with Gasteiger partial charge in [-0.15, -0.1) is 0 Å². The van der Waals surface area contributed by atoms with E-state index >= 15 is 0 Å². The van der Waals surface area contributed by atoms with Crippen molar-refractivity contribution in [2.45, 2.75) is 13.8 Å². The zero-order chi connectivity index (χ0) is 19.2. The van der Waals surface area contributed by atoms with Crippen molar-refractivity contribution in [2.75, 3.05) is 23.4 Å². The molecule has 7 heteroatoms. The summed E-state index contributed by atoms with van der Waals surface area (Å²) < 4.78 is 29.7. The maximum Gasteiger partial charge on any atom is 0.239 e. The highest BCUT2D eigenvalue weighted by atomic mass is 32.2. The molecule has 0 saturated heterocycles. The molecule has 0 unspecified atom stereocenters. The molecule has 2 aromatic rings. The van der Waals surface area contributed by atoms with Crippen LogP contribution in [0.15, 0.2) is 48.5 Å². The van der Waals surface area contributed by atoms with Crippen LogP contribution < -0.4 is 10.1 Å². The van der Waals surface area contributed by atoms with E-state index in [1.54, 1.807) is 55.5 Å². The van der Waals surface area contributed by atoms with Crippen LogP contribution in [0.25, 0.3) is 0 Å². The maximum atomic E-state index is 12.2. The van der Waals surface area contributed by atoms with Gasteiger partial charge in [0.25, 0.3) is 0 Å². The number of aryl methyl sites for hydroxylation is 1. The lowest BCUT2D eigenvalue weighted by Crippen LogP contribution is -2.27. The number of hydrogen-bond donors (Lipinski definition) is 1. The van der Waals surface area contributed by atoms with Gasteiger partial charge in [-0.05, 0) is 26.0 Å². The normalized spacial score (nSPS) is 11.0. The summed E-state index contributed by atoms with van der Waals surface area (Å²) in [5, 5.41) is 2.52. The van der Waals surface area contributed by atoms with Crippen molar-refractivity contribution >= 4 is 27.2 Å². The van der Waals surface area contributed by atoms with E-state index in [0.717, 1.165) is 5.56 Å². The van der Waals surface area contributed by atoms with Gasteiger partial charge in [0.1, 0.15) is 17.3 Å². The molecular weight excluding hydrogens is 354 g/mol. The molecule has 138 valence electrons. The van der Waals surface area contributed by atoms with Crippen molar-refractivity contribution in [3.05, 3.63) is 59.7 Å². The number of nitrogens with one attached hydrogen (secondary N) is 1. The largest absolute Gasteiger partial charge is 0.492 e. The minimum atomic E-state index is -3.89. The van der Waals surface area contributed by atoms with Crippen LogP contribution in [-0.2, 0) is 14.6 Å².